The lowest BCUT2D eigenvalue weighted by Gasteiger charge is -2.27. The van der Waals surface area contributed by atoms with Crippen molar-refractivity contribution in [3.05, 3.63) is 34.1 Å². The summed E-state index contributed by atoms with van der Waals surface area (Å²) in [5, 5.41) is 8.97. The smallest absolute Gasteiger partial charge is 0.223 e. The molecule has 1 saturated heterocycles. The van der Waals surface area contributed by atoms with Crippen molar-refractivity contribution in [3.8, 4) is 21.8 Å². The number of anilines is 1. The number of hydrogen-bond acceptors (Lipinski definition) is 7. The first kappa shape index (κ1) is 17.3. The van der Waals surface area contributed by atoms with Gasteiger partial charge in [-0.05, 0) is 63.3 Å². The highest BCUT2D eigenvalue weighted by Crippen LogP contribution is 2.41. The van der Waals surface area contributed by atoms with E-state index in [4.69, 9.17) is 9.97 Å². The maximum atomic E-state index is 5.11. The lowest BCUT2D eigenvalue weighted by atomic mass is 9.98. The van der Waals surface area contributed by atoms with Crippen LogP contribution in [0.4, 0.5) is 5.95 Å². The quantitative estimate of drug-likeness (QED) is 0.675. The normalized spacial score (nSPS) is 18.7. The molecular weight excluding hydrogens is 374 g/mol. The Hall–Kier alpha value is -1.83. The Labute approximate surface area is 167 Å². The highest BCUT2D eigenvalue weighted by Gasteiger charge is 2.26. The first-order chi connectivity index (χ1) is 13.3. The third-order valence-corrected chi connectivity index (χ3v) is 7.23. The van der Waals surface area contributed by atoms with Gasteiger partial charge in [0.15, 0.2) is 0 Å². The molecule has 27 heavy (non-hydrogen) atoms. The molecule has 2 aliphatic rings. The van der Waals surface area contributed by atoms with Gasteiger partial charge < -0.3 is 10.2 Å². The third kappa shape index (κ3) is 3.77. The third-order valence-electron chi connectivity index (χ3n) is 5.30. The van der Waals surface area contributed by atoms with E-state index in [1.54, 1.807) is 11.3 Å². The molecule has 0 aromatic carbocycles. The van der Waals surface area contributed by atoms with Crippen molar-refractivity contribution in [2.75, 3.05) is 25.5 Å². The second-order valence-electron chi connectivity index (χ2n) is 7.50. The van der Waals surface area contributed by atoms with E-state index in [1.165, 1.54) is 41.1 Å². The molecule has 0 radical (unpaired) electrons. The van der Waals surface area contributed by atoms with Crippen molar-refractivity contribution >= 4 is 28.6 Å². The second kappa shape index (κ2) is 7.30. The van der Waals surface area contributed by atoms with E-state index >= 15 is 0 Å². The number of nitrogens with zero attached hydrogens (tertiary/aromatic N) is 4. The molecule has 3 aromatic heterocycles. The Morgan fingerprint density at radius 3 is 2.70 bits per heavy atom. The van der Waals surface area contributed by atoms with Gasteiger partial charge in [-0.3, -0.25) is 0 Å². The highest BCUT2D eigenvalue weighted by molar-refractivity contribution is 7.15. The van der Waals surface area contributed by atoms with Gasteiger partial charge in [0.25, 0.3) is 0 Å². The molecule has 0 amide bonds. The Morgan fingerprint density at radius 1 is 1.11 bits per heavy atom. The maximum Gasteiger partial charge on any atom is 0.223 e. The molecule has 1 aliphatic carbocycles. The minimum Gasteiger partial charge on any atom is -0.351 e. The van der Waals surface area contributed by atoms with Gasteiger partial charge >= 0.3 is 0 Å². The predicted octanol–water partition coefficient (Wildman–Crippen LogP) is 4.71. The molecule has 0 unspecified atom stereocenters. The maximum absolute atomic E-state index is 5.11. The largest absolute Gasteiger partial charge is 0.351 e. The van der Waals surface area contributed by atoms with E-state index in [0.29, 0.717) is 12.0 Å². The molecule has 1 N–H and O–H groups in total. The average molecular weight is 398 g/mol. The molecule has 1 aliphatic heterocycles. The molecule has 4 heterocycles. The van der Waals surface area contributed by atoms with Crippen LogP contribution >= 0.6 is 22.7 Å². The SMILES string of the molecule is CN1CCC(c2nc(-c3ccsc3)c(-c3ccnc(NC4CC4)n3)s2)CC1. The van der Waals surface area contributed by atoms with Gasteiger partial charge in [0.05, 0.1) is 21.3 Å². The van der Waals surface area contributed by atoms with Crippen LogP contribution in [0.2, 0.25) is 0 Å². The van der Waals surface area contributed by atoms with Crippen molar-refractivity contribution < 1.29 is 0 Å². The fourth-order valence-electron chi connectivity index (χ4n) is 3.50. The van der Waals surface area contributed by atoms with Gasteiger partial charge in [-0.15, -0.1) is 11.3 Å². The molecule has 7 heteroatoms. The van der Waals surface area contributed by atoms with Crippen LogP contribution in [-0.2, 0) is 0 Å². The Bertz CT molecular complexity index is 908. The zero-order valence-corrected chi connectivity index (χ0v) is 17.0. The molecule has 0 atom stereocenters. The summed E-state index contributed by atoms with van der Waals surface area (Å²) < 4.78 is 0. The van der Waals surface area contributed by atoms with Crippen molar-refractivity contribution in [2.24, 2.45) is 0 Å². The molecule has 5 rings (SSSR count). The topological polar surface area (TPSA) is 53.9 Å². The summed E-state index contributed by atoms with van der Waals surface area (Å²) in [5.74, 6) is 1.30. The summed E-state index contributed by atoms with van der Waals surface area (Å²) in [4.78, 5) is 17.9. The number of rotatable bonds is 5. The monoisotopic (exact) mass is 397 g/mol. The van der Waals surface area contributed by atoms with Gasteiger partial charge in [0.1, 0.15) is 0 Å². The molecule has 140 valence electrons. The van der Waals surface area contributed by atoms with E-state index in [2.05, 4.69) is 39.1 Å². The zero-order chi connectivity index (χ0) is 18.2. The Morgan fingerprint density at radius 2 is 1.96 bits per heavy atom. The van der Waals surface area contributed by atoms with E-state index in [9.17, 15) is 0 Å². The second-order valence-corrected chi connectivity index (χ2v) is 9.31. The summed E-state index contributed by atoms with van der Waals surface area (Å²) in [5.41, 5.74) is 3.25. The Kier molecular flexibility index (Phi) is 4.67. The van der Waals surface area contributed by atoms with Crippen molar-refractivity contribution in [1.82, 2.24) is 19.9 Å². The van der Waals surface area contributed by atoms with Gasteiger partial charge in [-0.25, -0.2) is 15.0 Å². The number of nitrogens with one attached hydrogen (secondary N) is 1. The van der Waals surface area contributed by atoms with Crippen molar-refractivity contribution in [3.63, 3.8) is 0 Å². The first-order valence-electron chi connectivity index (χ1n) is 9.58. The number of hydrogen-bond donors (Lipinski definition) is 1. The van der Waals surface area contributed by atoms with Gasteiger partial charge in [-0.2, -0.15) is 11.3 Å². The lowest BCUT2D eigenvalue weighted by molar-refractivity contribution is 0.255. The van der Waals surface area contributed by atoms with E-state index in [-0.39, 0.29) is 0 Å². The molecule has 2 fully saturated rings. The van der Waals surface area contributed by atoms with Crippen LogP contribution in [-0.4, -0.2) is 46.0 Å². The number of aromatic nitrogens is 3. The van der Waals surface area contributed by atoms with Crippen molar-refractivity contribution in [1.29, 1.82) is 0 Å². The average Bonchev–Trinajstić information content (AvgIpc) is 3.17. The van der Waals surface area contributed by atoms with Crippen LogP contribution in [0.25, 0.3) is 21.8 Å². The summed E-state index contributed by atoms with van der Waals surface area (Å²) in [6.45, 7) is 2.30. The number of piperidine rings is 1. The summed E-state index contributed by atoms with van der Waals surface area (Å²) in [6, 6.07) is 4.72. The number of thiazole rings is 1. The van der Waals surface area contributed by atoms with Gasteiger partial charge in [0, 0.05) is 29.1 Å². The standard InChI is InChI=1S/C20H23N5S2/c1-25-9-5-13(6-10-25)19-24-17(14-7-11-26-12-14)18(27-19)16-4-8-21-20(23-16)22-15-2-3-15/h4,7-8,11-13,15H,2-3,5-6,9-10H2,1H3,(H,21,22,23). The highest BCUT2D eigenvalue weighted by atomic mass is 32.1. The summed E-state index contributed by atoms with van der Waals surface area (Å²) in [7, 11) is 2.20. The van der Waals surface area contributed by atoms with Crippen LogP contribution in [0.5, 0.6) is 0 Å². The minimum atomic E-state index is 0.549. The molecule has 3 aromatic rings. The number of likely N-dealkylation sites (tertiary alicyclic amines) is 1. The molecule has 0 spiro atoms. The van der Waals surface area contributed by atoms with Crippen LogP contribution < -0.4 is 5.32 Å². The van der Waals surface area contributed by atoms with E-state index in [0.717, 1.165) is 30.4 Å². The number of thiophene rings is 1. The van der Waals surface area contributed by atoms with Crippen molar-refractivity contribution in [2.45, 2.75) is 37.6 Å². The van der Waals surface area contributed by atoms with E-state index in [1.807, 2.05) is 23.6 Å². The van der Waals surface area contributed by atoms with Crippen LogP contribution in [0, 0.1) is 0 Å². The first-order valence-corrected chi connectivity index (χ1v) is 11.3. The molecular formula is C20H23N5S2. The summed E-state index contributed by atoms with van der Waals surface area (Å²) >= 11 is 3.53. The van der Waals surface area contributed by atoms with Crippen LogP contribution in [0.15, 0.2) is 29.1 Å². The molecule has 1 saturated carbocycles. The van der Waals surface area contributed by atoms with E-state index < -0.39 is 0 Å². The fourth-order valence-corrected chi connectivity index (χ4v) is 5.37. The minimum absolute atomic E-state index is 0.549. The lowest BCUT2D eigenvalue weighted by Crippen LogP contribution is -2.29. The zero-order valence-electron chi connectivity index (χ0n) is 15.4. The Balaban J connectivity index is 1.52. The van der Waals surface area contributed by atoms with Gasteiger partial charge in [-0.1, -0.05) is 0 Å². The van der Waals surface area contributed by atoms with Crippen LogP contribution in [0.1, 0.15) is 36.6 Å². The predicted molar refractivity (Wildman–Crippen MR) is 113 cm³/mol. The molecule has 5 nitrogen and oxygen atoms in total. The van der Waals surface area contributed by atoms with Gasteiger partial charge in [0.2, 0.25) is 5.95 Å². The van der Waals surface area contributed by atoms with Crippen LogP contribution in [0.3, 0.4) is 0 Å². The fraction of sp³-hybridized carbons (Fsp3) is 0.450. The summed E-state index contributed by atoms with van der Waals surface area (Å²) in [6.07, 6.45) is 6.66. The molecule has 0 bridgehead atoms.